The highest BCUT2D eigenvalue weighted by Gasteiger charge is 2.32. The van der Waals surface area contributed by atoms with Crippen molar-refractivity contribution in [2.75, 3.05) is 0 Å². The molecule has 21 heavy (non-hydrogen) atoms. The predicted octanol–water partition coefficient (Wildman–Crippen LogP) is 4.55. The largest absolute Gasteiger partial charge is 0.416 e. The average Bonchev–Trinajstić information content (AvgIpc) is 2.70. The predicted molar refractivity (Wildman–Crippen MR) is 74.8 cm³/mol. The lowest BCUT2D eigenvalue weighted by atomic mass is 9.95. The van der Waals surface area contributed by atoms with Gasteiger partial charge in [0.25, 0.3) is 0 Å². The van der Waals surface area contributed by atoms with Gasteiger partial charge in [-0.15, -0.1) is 10.2 Å². The molecule has 1 heterocycles. The third-order valence-corrected chi connectivity index (χ3v) is 3.32. The fourth-order valence-corrected chi connectivity index (χ4v) is 2.20. The first-order valence-electron chi connectivity index (χ1n) is 6.31. The topological polar surface area (TPSA) is 30.7 Å². The Morgan fingerprint density at radius 2 is 1.71 bits per heavy atom. The van der Waals surface area contributed by atoms with E-state index in [-0.39, 0.29) is 5.28 Å². The Morgan fingerprint density at radius 3 is 2.24 bits per heavy atom. The summed E-state index contributed by atoms with van der Waals surface area (Å²) in [5.41, 5.74) is -0.131. The molecular weight excluding hydrogens is 303 g/mol. The zero-order valence-electron chi connectivity index (χ0n) is 12.1. The van der Waals surface area contributed by atoms with Crippen LogP contribution in [-0.4, -0.2) is 14.8 Å². The molecule has 1 aromatic heterocycles. The average molecular weight is 318 g/mol. The van der Waals surface area contributed by atoms with Crippen LogP contribution in [0, 0.1) is 6.92 Å². The number of alkyl halides is 3. The van der Waals surface area contributed by atoms with Gasteiger partial charge in [-0.25, -0.2) is 0 Å². The summed E-state index contributed by atoms with van der Waals surface area (Å²) >= 11 is 6.03. The normalized spacial score (nSPS) is 12.8. The minimum Gasteiger partial charge on any atom is -0.269 e. The molecule has 1 aromatic carbocycles. The quantitative estimate of drug-likeness (QED) is 0.772. The number of hydrogen-bond donors (Lipinski definition) is 0. The third kappa shape index (κ3) is 3.05. The lowest BCUT2D eigenvalue weighted by Gasteiger charge is -2.21. The number of benzene rings is 1. The minimum atomic E-state index is -4.41. The van der Waals surface area contributed by atoms with E-state index in [4.69, 9.17) is 11.6 Å². The highest BCUT2D eigenvalue weighted by Crippen LogP contribution is 2.34. The summed E-state index contributed by atoms with van der Waals surface area (Å²) < 4.78 is 40.2. The second-order valence-corrected chi connectivity index (χ2v) is 6.22. The van der Waals surface area contributed by atoms with Gasteiger partial charge in [0.2, 0.25) is 5.28 Å². The molecule has 0 aliphatic carbocycles. The molecule has 0 spiro atoms. The van der Waals surface area contributed by atoms with Gasteiger partial charge >= 0.3 is 6.18 Å². The molecule has 0 aliphatic heterocycles. The number of hydrogen-bond acceptors (Lipinski definition) is 2. The van der Waals surface area contributed by atoms with Crippen molar-refractivity contribution in [1.82, 2.24) is 14.8 Å². The summed E-state index contributed by atoms with van der Waals surface area (Å²) in [6, 6.07) is 3.54. The third-order valence-electron chi connectivity index (χ3n) is 3.07. The van der Waals surface area contributed by atoms with Crippen molar-refractivity contribution in [3.05, 3.63) is 40.4 Å². The lowest BCUT2D eigenvalue weighted by Crippen LogP contribution is -2.19. The first-order chi connectivity index (χ1) is 9.51. The SMILES string of the molecule is Cc1ccc(C(F)(F)F)cc1-n1c(Cl)nnc1C(C)(C)C. The van der Waals surface area contributed by atoms with E-state index in [2.05, 4.69) is 10.2 Å². The van der Waals surface area contributed by atoms with Crippen LogP contribution in [0.4, 0.5) is 13.2 Å². The summed E-state index contributed by atoms with van der Waals surface area (Å²) in [6.45, 7) is 7.41. The first kappa shape index (κ1) is 15.8. The smallest absolute Gasteiger partial charge is 0.269 e. The van der Waals surface area contributed by atoms with Gasteiger partial charge in [0.15, 0.2) is 0 Å². The second-order valence-electron chi connectivity index (χ2n) is 5.88. The Balaban J connectivity index is 2.71. The molecule has 114 valence electrons. The molecule has 0 aliphatic rings. The van der Waals surface area contributed by atoms with Crippen molar-refractivity contribution in [2.24, 2.45) is 0 Å². The van der Waals surface area contributed by atoms with Gasteiger partial charge in [-0.3, -0.25) is 4.57 Å². The molecule has 0 N–H and O–H groups in total. The maximum atomic E-state index is 12.9. The van der Waals surface area contributed by atoms with E-state index in [9.17, 15) is 13.2 Å². The Kier molecular flexibility index (Phi) is 3.78. The molecule has 2 aromatic rings. The second kappa shape index (κ2) is 5.02. The Hall–Kier alpha value is -1.56. The van der Waals surface area contributed by atoms with Crippen LogP contribution in [0.5, 0.6) is 0 Å². The van der Waals surface area contributed by atoms with Crippen LogP contribution in [0.1, 0.15) is 37.7 Å². The van der Waals surface area contributed by atoms with Gasteiger partial charge < -0.3 is 0 Å². The van der Waals surface area contributed by atoms with Gasteiger partial charge in [0, 0.05) is 5.41 Å². The zero-order valence-corrected chi connectivity index (χ0v) is 12.8. The molecule has 2 rings (SSSR count). The molecular formula is C14H15ClF3N3. The van der Waals surface area contributed by atoms with E-state index >= 15 is 0 Å². The molecule has 0 saturated carbocycles. The summed E-state index contributed by atoms with van der Waals surface area (Å²) in [6.07, 6.45) is -4.41. The Bertz CT molecular complexity index is 669. The van der Waals surface area contributed by atoms with Crippen molar-refractivity contribution in [2.45, 2.75) is 39.3 Å². The van der Waals surface area contributed by atoms with Crippen LogP contribution in [0.15, 0.2) is 18.2 Å². The molecule has 7 heteroatoms. The highest BCUT2D eigenvalue weighted by atomic mass is 35.5. The molecule has 3 nitrogen and oxygen atoms in total. The number of aryl methyl sites for hydroxylation is 1. The molecule has 0 bridgehead atoms. The Labute approximate surface area is 125 Å². The van der Waals surface area contributed by atoms with Crippen LogP contribution < -0.4 is 0 Å². The van der Waals surface area contributed by atoms with Crippen molar-refractivity contribution in [3.8, 4) is 5.69 Å². The fraction of sp³-hybridized carbons (Fsp3) is 0.429. The number of nitrogens with zero attached hydrogens (tertiary/aromatic N) is 3. The van der Waals surface area contributed by atoms with E-state index in [1.165, 1.54) is 10.6 Å². The van der Waals surface area contributed by atoms with Crippen molar-refractivity contribution in [3.63, 3.8) is 0 Å². The van der Waals surface area contributed by atoms with E-state index in [0.29, 0.717) is 17.1 Å². The first-order valence-corrected chi connectivity index (χ1v) is 6.69. The van der Waals surface area contributed by atoms with Crippen LogP contribution in [0.25, 0.3) is 5.69 Å². The van der Waals surface area contributed by atoms with Gasteiger partial charge in [-0.05, 0) is 36.2 Å². The Morgan fingerprint density at radius 1 is 1.10 bits per heavy atom. The molecule has 0 radical (unpaired) electrons. The summed E-state index contributed by atoms with van der Waals surface area (Å²) in [5.74, 6) is 0.509. The molecule has 0 fully saturated rings. The lowest BCUT2D eigenvalue weighted by molar-refractivity contribution is -0.137. The van der Waals surface area contributed by atoms with Gasteiger partial charge in [-0.1, -0.05) is 26.8 Å². The van der Waals surface area contributed by atoms with E-state index in [1.54, 1.807) is 6.92 Å². The highest BCUT2D eigenvalue weighted by molar-refractivity contribution is 6.28. The van der Waals surface area contributed by atoms with Crippen LogP contribution >= 0.6 is 11.6 Å². The van der Waals surface area contributed by atoms with Crippen molar-refractivity contribution in [1.29, 1.82) is 0 Å². The van der Waals surface area contributed by atoms with E-state index in [1.807, 2.05) is 20.8 Å². The monoisotopic (exact) mass is 317 g/mol. The summed E-state index contributed by atoms with van der Waals surface area (Å²) in [5, 5.41) is 7.83. The van der Waals surface area contributed by atoms with Gasteiger partial charge in [-0.2, -0.15) is 13.2 Å². The maximum Gasteiger partial charge on any atom is 0.416 e. The van der Waals surface area contributed by atoms with E-state index < -0.39 is 17.2 Å². The maximum absolute atomic E-state index is 12.9. The van der Waals surface area contributed by atoms with Gasteiger partial charge in [0.05, 0.1) is 11.3 Å². The van der Waals surface area contributed by atoms with Crippen LogP contribution in [-0.2, 0) is 11.6 Å². The zero-order chi connectivity index (χ0) is 16.0. The molecule has 0 amide bonds. The van der Waals surface area contributed by atoms with Crippen molar-refractivity contribution >= 4 is 11.6 Å². The van der Waals surface area contributed by atoms with Crippen LogP contribution in [0.3, 0.4) is 0 Å². The summed E-state index contributed by atoms with van der Waals surface area (Å²) in [4.78, 5) is 0. The van der Waals surface area contributed by atoms with E-state index in [0.717, 1.165) is 12.1 Å². The molecule has 0 unspecified atom stereocenters. The number of aromatic nitrogens is 3. The standard InChI is InChI=1S/C14H15ClF3N3/c1-8-5-6-9(14(16,17)18)7-10(8)21-11(13(2,3)4)19-20-12(21)15/h5-7H,1-4H3. The number of halogens is 4. The van der Waals surface area contributed by atoms with Gasteiger partial charge in [0.1, 0.15) is 5.82 Å². The fourth-order valence-electron chi connectivity index (χ4n) is 1.99. The minimum absolute atomic E-state index is 0.0438. The molecule has 0 atom stereocenters. The summed E-state index contributed by atoms with van der Waals surface area (Å²) in [7, 11) is 0. The van der Waals surface area contributed by atoms with Crippen LogP contribution in [0.2, 0.25) is 5.28 Å². The molecule has 0 saturated heterocycles. The van der Waals surface area contributed by atoms with Crippen molar-refractivity contribution < 1.29 is 13.2 Å². The number of rotatable bonds is 1.